The van der Waals surface area contributed by atoms with Gasteiger partial charge < -0.3 is 18.9 Å². The number of nitriles is 1. The predicted octanol–water partition coefficient (Wildman–Crippen LogP) is 2.74. The fourth-order valence-electron chi connectivity index (χ4n) is 3.60. The van der Waals surface area contributed by atoms with E-state index in [4.69, 9.17) is 19.0 Å². The second-order valence-electron chi connectivity index (χ2n) is 7.98. The van der Waals surface area contributed by atoms with Gasteiger partial charge in [-0.05, 0) is 40.7 Å². The van der Waals surface area contributed by atoms with E-state index in [0.717, 1.165) is 0 Å². The largest absolute Gasteiger partial charge is 0.394 e. The molecular weight excluding hydrogens is 674 g/mol. The molecule has 170 valence electrons. The molecule has 0 spiro atoms. The summed E-state index contributed by atoms with van der Waals surface area (Å²) in [6.07, 6.45) is 0.226. The van der Waals surface area contributed by atoms with E-state index in [1.54, 1.807) is 19.2 Å². The molecule has 5 atom stereocenters. The van der Waals surface area contributed by atoms with Gasteiger partial charge in [-0.1, -0.05) is 6.92 Å². The van der Waals surface area contributed by atoms with Gasteiger partial charge in [0.25, 0.3) is 8.53 Å². The molecular formula is C20H33N4O5PRf. The maximum atomic E-state index is 12.4. The number of aryl methyl sites for hydroxylation is 1. The van der Waals surface area contributed by atoms with E-state index >= 15 is 0 Å². The third kappa shape index (κ3) is 6.30. The van der Waals surface area contributed by atoms with E-state index in [1.165, 1.54) is 4.57 Å². The van der Waals surface area contributed by atoms with Crippen molar-refractivity contribution in [1.82, 2.24) is 14.2 Å². The Balaban J connectivity index is 0.00000480. The number of hydrogen-bond donors (Lipinski definition) is 1. The van der Waals surface area contributed by atoms with Crippen LogP contribution >= 0.6 is 8.53 Å². The quantitative estimate of drug-likeness (QED) is 0.293. The normalized spacial score (nSPS) is 24.4. The smallest absolute Gasteiger partial charge is 0.349 e. The Hall–Kier alpha value is -2.40. The van der Waals surface area contributed by atoms with Crippen LogP contribution in [0.4, 0.5) is 0 Å². The minimum absolute atomic E-state index is 0. The molecule has 2 rings (SSSR count). The zero-order valence-corrected chi connectivity index (χ0v) is 26.6. The first-order chi connectivity index (χ1) is 14.2. The SMILES string of the molecule is Cc1ccn([C@@H]2O[C@H](CO)C(OP(OCCC#N)N(C(C)C)C(C)C)[C@@H]2C)c(=O)n1.[Rf]. The maximum absolute atomic E-state index is 12.4. The molecule has 1 aromatic heterocycles. The molecule has 31 heavy (non-hydrogen) atoms. The van der Waals surface area contributed by atoms with Crippen LogP contribution in [0, 0.1) is 24.2 Å². The summed E-state index contributed by atoms with van der Waals surface area (Å²) in [5.41, 5.74) is 0.232. The van der Waals surface area contributed by atoms with Crippen molar-refractivity contribution in [2.75, 3.05) is 13.2 Å². The average molecular weight is 707 g/mol. The minimum atomic E-state index is -1.50. The second kappa shape index (κ2) is 11.8. The zero-order valence-electron chi connectivity index (χ0n) is 19.3. The van der Waals surface area contributed by atoms with E-state index in [0.29, 0.717) is 5.69 Å². The number of aliphatic hydroxyl groups excluding tert-OH is 1. The molecule has 0 saturated carbocycles. The van der Waals surface area contributed by atoms with Crippen LogP contribution in [0.5, 0.6) is 0 Å². The number of ether oxygens (including phenoxy) is 1. The van der Waals surface area contributed by atoms with Crippen LogP contribution in [0.25, 0.3) is 0 Å². The van der Waals surface area contributed by atoms with Gasteiger partial charge in [0.1, 0.15) is 18.4 Å². The first-order valence-corrected chi connectivity index (χ1v) is 11.4. The number of hydrogen-bond acceptors (Lipinski definition) is 8. The molecule has 0 aliphatic carbocycles. The molecule has 11 heteroatoms. The van der Waals surface area contributed by atoms with Gasteiger partial charge >= 0.3 is 5.69 Å². The van der Waals surface area contributed by atoms with Crippen molar-refractivity contribution in [2.24, 2.45) is 5.92 Å². The molecule has 2 heterocycles. The van der Waals surface area contributed by atoms with Crippen LogP contribution in [0.2, 0.25) is 0 Å². The van der Waals surface area contributed by atoms with Crippen LogP contribution in [-0.2, 0) is 13.8 Å². The minimum Gasteiger partial charge on any atom is -0.394 e. The molecule has 1 fully saturated rings. The molecule has 0 radical (unpaired) electrons. The number of aliphatic hydroxyl groups is 1. The van der Waals surface area contributed by atoms with Gasteiger partial charge in [0, 0.05) is 29.9 Å². The van der Waals surface area contributed by atoms with E-state index in [1.807, 2.05) is 6.92 Å². The van der Waals surface area contributed by atoms with Crippen molar-refractivity contribution in [3.8, 4) is 6.07 Å². The molecule has 1 aliphatic rings. The fraction of sp³-hybridized carbons (Fsp3) is 0.750. The van der Waals surface area contributed by atoms with Crippen LogP contribution in [0.3, 0.4) is 0 Å². The third-order valence-corrected chi connectivity index (χ3v) is 7.07. The summed E-state index contributed by atoms with van der Waals surface area (Å²) in [5.74, 6) is -0.227. The Labute approximate surface area is 179 Å². The Kier molecular flexibility index (Phi) is 10.2. The molecule has 1 aliphatic heterocycles. The number of aromatic nitrogens is 2. The van der Waals surface area contributed by atoms with Gasteiger partial charge in [-0.25, -0.2) is 9.46 Å². The van der Waals surface area contributed by atoms with E-state index in [-0.39, 0.29) is 37.6 Å². The van der Waals surface area contributed by atoms with Gasteiger partial charge in [0.2, 0.25) is 0 Å². The summed E-state index contributed by atoms with van der Waals surface area (Å²) in [5, 5.41) is 18.8. The van der Waals surface area contributed by atoms with Crippen LogP contribution < -0.4 is 5.69 Å². The van der Waals surface area contributed by atoms with Crippen molar-refractivity contribution < 1.29 is 18.9 Å². The van der Waals surface area contributed by atoms with Crippen molar-refractivity contribution in [3.05, 3.63) is 28.4 Å². The van der Waals surface area contributed by atoms with Gasteiger partial charge in [-0.3, -0.25) is 4.57 Å². The van der Waals surface area contributed by atoms with Crippen LogP contribution in [-0.4, -0.2) is 56.8 Å². The van der Waals surface area contributed by atoms with E-state index in [9.17, 15) is 9.90 Å². The first kappa shape index (κ1) is 26.6. The molecule has 0 bridgehead atoms. The molecule has 1 aromatic rings. The Morgan fingerprint density at radius 2 is 2.03 bits per heavy atom. The summed E-state index contributed by atoms with van der Waals surface area (Å²) in [4.78, 5) is 16.3. The standard InChI is InChI=1S/C20H33N4O5P.Rf/c1-13(2)24(14(3)4)30(27-11-7-9-21)29-18-16(6)19(28-17(18)12-25)23-10-8-15(5)22-20(23)26;/h8,10,13-14,16-19,25H,7,11-12H2,1-6H3;/t16-,17+,18?,19+,30?;/m0./s1. The Morgan fingerprint density at radius 3 is 2.55 bits per heavy atom. The summed E-state index contributed by atoms with van der Waals surface area (Å²) < 4.78 is 22.0. The molecule has 1 N–H and O–H groups in total. The van der Waals surface area contributed by atoms with Gasteiger partial charge in [-0.2, -0.15) is 10.2 Å². The van der Waals surface area contributed by atoms with E-state index < -0.39 is 32.7 Å². The second-order valence-corrected chi connectivity index (χ2v) is 9.39. The maximum Gasteiger partial charge on any atom is 0.349 e. The Morgan fingerprint density at radius 1 is 1.39 bits per heavy atom. The topological polar surface area (TPSA) is 110 Å². The summed E-state index contributed by atoms with van der Waals surface area (Å²) in [6.45, 7) is 11.9. The van der Waals surface area contributed by atoms with Gasteiger partial charge in [0.05, 0.1) is 25.7 Å². The molecule has 0 aromatic carbocycles. The molecule has 9 nitrogen and oxygen atoms in total. The monoisotopic (exact) mass is 707 g/mol. The van der Waals surface area contributed by atoms with Gasteiger partial charge in [0.15, 0.2) is 0 Å². The van der Waals surface area contributed by atoms with Crippen molar-refractivity contribution in [2.45, 2.75) is 78.5 Å². The van der Waals surface area contributed by atoms with Crippen molar-refractivity contribution in [1.29, 1.82) is 5.26 Å². The van der Waals surface area contributed by atoms with Gasteiger partial charge in [-0.15, -0.1) is 0 Å². The number of nitrogens with zero attached hydrogens (tertiary/aromatic N) is 4. The molecule has 2 unspecified atom stereocenters. The predicted molar refractivity (Wildman–Crippen MR) is 113 cm³/mol. The number of rotatable bonds is 10. The fourth-order valence-corrected chi connectivity index (χ4v) is 5.44. The van der Waals surface area contributed by atoms with E-state index in [2.05, 4.69) is 43.4 Å². The summed E-state index contributed by atoms with van der Waals surface area (Å²) in [7, 11) is -1.50. The van der Waals surface area contributed by atoms with Crippen LogP contribution in [0.1, 0.15) is 53.0 Å². The average Bonchev–Trinajstić information content (AvgIpc) is 2.97. The van der Waals surface area contributed by atoms with Crippen molar-refractivity contribution >= 4 is 8.53 Å². The molecule has 1 saturated heterocycles. The van der Waals surface area contributed by atoms with Crippen LogP contribution in [0.15, 0.2) is 17.1 Å². The first-order valence-electron chi connectivity index (χ1n) is 10.3. The molecule has 0 amide bonds. The van der Waals surface area contributed by atoms with Crippen molar-refractivity contribution in [3.63, 3.8) is 0 Å². The summed E-state index contributed by atoms with van der Waals surface area (Å²) in [6, 6.07) is 4.14. The summed E-state index contributed by atoms with van der Waals surface area (Å²) >= 11 is 0. The Bertz CT molecular complexity index is 780. The third-order valence-electron chi connectivity index (χ3n) is 4.95. The zero-order chi connectivity index (χ0) is 22.4.